The smallest absolute Gasteiger partial charge is 0.266 e. The summed E-state index contributed by atoms with van der Waals surface area (Å²) in [5.74, 6) is 0.860. The predicted octanol–water partition coefficient (Wildman–Crippen LogP) is 5.10. The fourth-order valence-corrected chi connectivity index (χ4v) is 3.21. The SMILES string of the molecule is O=c1c2ccccc2nc(/C=C/C2C=CC(Cl)=CC2)n1-c1ccccc1. The van der Waals surface area contributed by atoms with Crippen LogP contribution in [0.4, 0.5) is 0 Å². The zero-order valence-electron chi connectivity index (χ0n) is 14.0. The summed E-state index contributed by atoms with van der Waals surface area (Å²) in [5, 5.41) is 1.38. The van der Waals surface area contributed by atoms with Crippen molar-refractivity contribution in [3.8, 4) is 5.69 Å². The number of aromatic nitrogens is 2. The molecule has 0 saturated heterocycles. The summed E-state index contributed by atoms with van der Waals surface area (Å²) in [7, 11) is 0. The van der Waals surface area contributed by atoms with E-state index in [0.717, 1.165) is 17.1 Å². The lowest BCUT2D eigenvalue weighted by molar-refractivity contribution is 0.821. The molecular weight excluding hydrogens is 344 g/mol. The zero-order valence-corrected chi connectivity index (χ0v) is 14.8. The maximum absolute atomic E-state index is 13.1. The Bertz CT molecular complexity index is 1090. The van der Waals surface area contributed by atoms with Gasteiger partial charge < -0.3 is 0 Å². The van der Waals surface area contributed by atoms with Crippen LogP contribution < -0.4 is 5.56 Å². The highest BCUT2D eigenvalue weighted by Gasteiger charge is 2.11. The third-order valence-corrected chi connectivity index (χ3v) is 4.68. The Kier molecular flexibility index (Phi) is 4.55. The molecule has 1 unspecified atom stereocenters. The van der Waals surface area contributed by atoms with Crippen molar-refractivity contribution in [3.05, 3.63) is 100 Å². The van der Waals surface area contributed by atoms with E-state index in [9.17, 15) is 4.79 Å². The summed E-state index contributed by atoms with van der Waals surface area (Å²) < 4.78 is 1.66. The van der Waals surface area contributed by atoms with Gasteiger partial charge in [-0.2, -0.15) is 0 Å². The van der Waals surface area contributed by atoms with Crippen LogP contribution in [-0.4, -0.2) is 9.55 Å². The van der Waals surface area contributed by atoms with Crippen molar-refractivity contribution in [1.29, 1.82) is 0 Å². The molecule has 0 N–H and O–H groups in total. The molecule has 4 rings (SSSR count). The minimum Gasteiger partial charge on any atom is -0.268 e. The van der Waals surface area contributed by atoms with E-state index in [4.69, 9.17) is 16.6 Å². The van der Waals surface area contributed by atoms with Crippen molar-refractivity contribution < 1.29 is 0 Å². The van der Waals surface area contributed by atoms with E-state index in [1.54, 1.807) is 4.57 Å². The lowest BCUT2D eigenvalue weighted by Gasteiger charge is -2.13. The van der Waals surface area contributed by atoms with Crippen LogP contribution in [0.2, 0.25) is 0 Å². The lowest BCUT2D eigenvalue weighted by Crippen LogP contribution is -2.22. The second-order valence-corrected chi connectivity index (χ2v) is 6.61. The predicted molar refractivity (Wildman–Crippen MR) is 108 cm³/mol. The maximum atomic E-state index is 13.1. The number of allylic oxidation sites excluding steroid dienone is 5. The Morgan fingerprint density at radius 2 is 1.85 bits per heavy atom. The first-order chi connectivity index (χ1) is 12.7. The molecule has 1 aromatic heterocycles. The number of halogens is 1. The number of hydrogen-bond donors (Lipinski definition) is 0. The Morgan fingerprint density at radius 1 is 1.08 bits per heavy atom. The molecule has 1 heterocycles. The average Bonchev–Trinajstić information content (AvgIpc) is 2.68. The van der Waals surface area contributed by atoms with Crippen LogP contribution in [0.5, 0.6) is 0 Å². The first kappa shape index (κ1) is 16.6. The molecule has 0 aliphatic heterocycles. The van der Waals surface area contributed by atoms with E-state index in [2.05, 4.69) is 12.2 Å². The van der Waals surface area contributed by atoms with Crippen LogP contribution in [0.25, 0.3) is 22.7 Å². The topological polar surface area (TPSA) is 34.9 Å². The molecule has 0 fully saturated rings. The van der Waals surface area contributed by atoms with Crippen molar-refractivity contribution in [2.75, 3.05) is 0 Å². The van der Waals surface area contributed by atoms with Gasteiger partial charge >= 0.3 is 0 Å². The van der Waals surface area contributed by atoms with Gasteiger partial charge in [-0.15, -0.1) is 0 Å². The number of para-hydroxylation sites is 2. The second-order valence-electron chi connectivity index (χ2n) is 6.17. The number of hydrogen-bond acceptors (Lipinski definition) is 2. The molecule has 1 aliphatic carbocycles. The Morgan fingerprint density at radius 3 is 2.62 bits per heavy atom. The monoisotopic (exact) mass is 360 g/mol. The molecular formula is C22H17ClN2O. The van der Waals surface area contributed by atoms with E-state index in [-0.39, 0.29) is 11.5 Å². The Balaban J connectivity index is 1.85. The first-order valence-corrected chi connectivity index (χ1v) is 8.89. The summed E-state index contributed by atoms with van der Waals surface area (Å²) in [6.45, 7) is 0. The van der Waals surface area contributed by atoms with Gasteiger partial charge in [-0.05, 0) is 48.8 Å². The minimum absolute atomic E-state index is 0.0661. The molecule has 0 radical (unpaired) electrons. The molecule has 1 aliphatic rings. The third-order valence-electron chi connectivity index (χ3n) is 4.40. The van der Waals surface area contributed by atoms with E-state index >= 15 is 0 Å². The van der Waals surface area contributed by atoms with Crippen LogP contribution in [0.1, 0.15) is 12.2 Å². The van der Waals surface area contributed by atoms with Crippen LogP contribution >= 0.6 is 11.6 Å². The van der Waals surface area contributed by atoms with E-state index in [1.165, 1.54) is 0 Å². The molecule has 3 aromatic rings. The number of benzene rings is 2. The number of nitrogens with zero attached hydrogens (tertiary/aromatic N) is 2. The molecule has 4 heteroatoms. The molecule has 3 nitrogen and oxygen atoms in total. The molecule has 128 valence electrons. The molecule has 2 aromatic carbocycles. The van der Waals surface area contributed by atoms with Crippen LogP contribution in [0.3, 0.4) is 0 Å². The molecule has 0 spiro atoms. The van der Waals surface area contributed by atoms with Crippen molar-refractivity contribution in [2.24, 2.45) is 5.92 Å². The third kappa shape index (κ3) is 3.26. The first-order valence-electron chi connectivity index (χ1n) is 8.52. The highest BCUT2D eigenvalue weighted by molar-refractivity contribution is 6.31. The summed E-state index contributed by atoms with van der Waals surface area (Å²) in [5.41, 5.74) is 1.44. The number of rotatable bonds is 3. The molecule has 0 bridgehead atoms. The number of fused-ring (bicyclic) bond motifs is 1. The summed E-state index contributed by atoms with van der Waals surface area (Å²) in [6, 6.07) is 17.0. The van der Waals surface area contributed by atoms with E-state index in [1.807, 2.05) is 72.8 Å². The average molecular weight is 361 g/mol. The summed E-state index contributed by atoms with van der Waals surface area (Å²) in [4.78, 5) is 17.8. The van der Waals surface area contributed by atoms with Gasteiger partial charge in [0.05, 0.1) is 16.6 Å². The largest absolute Gasteiger partial charge is 0.268 e. The fraction of sp³-hybridized carbons (Fsp3) is 0.0909. The lowest BCUT2D eigenvalue weighted by atomic mass is 10.0. The van der Waals surface area contributed by atoms with E-state index < -0.39 is 0 Å². The fourth-order valence-electron chi connectivity index (χ4n) is 3.05. The maximum Gasteiger partial charge on any atom is 0.266 e. The highest BCUT2D eigenvalue weighted by Crippen LogP contribution is 2.21. The minimum atomic E-state index is -0.0661. The van der Waals surface area contributed by atoms with Crippen LogP contribution in [0, 0.1) is 5.92 Å². The molecule has 0 amide bonds. The van der Waals surface area contributed by atoms with Gasteiger partial charge in [-0.3, -0.25) is 9.36 Å². The van der Waals surface area contributed by atoms with Gasteiger partial charge in [0.25, 0.3) is 5.56 Å². The molecule has 26 heavy (non-hydrogen) atoms. The van der Waals surface area contributed by atoms with Crippen LogP contribution in [-0.2, 0) is 0 Å². The van der Waals surface area contributed by atoms with Gasteiger partial charge in [0.2, 0.25) is 0 Å². The highest BCUT2D eigenvalue weighted by atomic mass is 35.5. The molecule has 1 atom stereocenters. The van der Waals surface area contributed by atoms with Crippen LogP contribution in [0.15, 0.2) is 88.7 Å². The van der Waals surface area contributed by atoms with Gasteiger partial charge in [0.1, 0.15) is 5.82 Å². The quantitative estimate of drug-likeness (QED) is 0.651. The van der Waals surface area contributed by atoms with E-state index in [0.29, 0.717) is 16.7 Å². The van der Waals surface area contributed by atoms with Crippen molar-refractivity contribution >= 4 is 28.6 Å². The molecule has 0 saturated carbocycles. The van der Waals surface area contributed by atoms with Crippen molar-refractivity contribution in [2.45, 2.75) is 6.42 Å². The van der Waals surface area contributed by atoms with Gasteiger partial charge in [-0.25, -0.2) is 4.98 Å². The summed E-state index contributed by atoms with van der Waals surface area (Å²) >= 11 is 5.98. The normalized spacial score (nSPS) is 17.0. The standard InChI is InChI=1S/C22H17ClN2O/c23-17-13-10-16(11-14-17)12-15-21-24-20-9-5-4-8-19(20)22(26)25(21)18-6-2-1-3-7-18/h1-10,12-16H,11H2/b15-12+. The van der Waals surface area contributed by atoms with Gasteiger partial charge in [-0.1, -0.05) is 60.2 Å². The van der Waals surface area contributed by atoms with Gasteiger partial charge in [0.15, 0.2) is 0 Å². The Hall–Kier alpha value is -2.91. The van der Waals surface area contributed by atoms with Crippen molar-refractivity contribution in [1.82, 2.24) is 9.55 Å². The van der Waals surface area contributed by atoms with Gasteiger partial charge in [0, 0.05) is 5.03 Å². The zero-order chi connectivity index (χ0) is 17.9. The Labute approximate surface area is 156 Å². The second kappa shape index (κ2) is 7.14. The van der Waals surface area contributed by atoms with Crippen molar-refractivity contribution in [3.63, 3.8) is 0 Å². The summed E-state index contributed by atoms with van der Waals surface area (Å²) in [6.07, 6.45) is 10.8.